The number of para-hydroxylation sites is 1. The van der Waals surface area contributed by atoms with Crippen LogP contribution in [0, 0.1) is 0 Å². The number of ether oxygens (including phenoxy) is 1. The molecule has 3 aromatic rings. The lowest BCUT2D eigenvalue weighted by Crippen LogP contribution is -2.59. The highest BCUT2D eigenvalue weighted by atomic mass is 19.4. The van der Waals surface area contributed by atoms with Crippen molar-refractivity contribution in [3.05, 3.63) is 88.1 Å². The van der Waals surface area contributed by atoms with Gasteiger partial charge in [-0.3, -0.25) is 9.59 Å². The van der Waals surface area contributed by atoms with Crippen molar-refractivity contribution in [3.8, 4) is 0 Å². The molecule has 188 valence electrons. The van der Waals surface area contributed by atoms with E-state index in [1.807, 2.05) is 0 Å². The number of H-pyrrole nitrogens is 1. The van der Waals surface area contributed by atoms with Gasteiger partial charge in [-0.05, 0) is 29.8 Å². The van der Waals surface area contributed by atoms with Crippen molar-refractivity contribution in [1.29, 1.82) is 0 Å². The molecule has 36 heavy (non-hydrogen) atoms. The fourth-order valence-corrected chi connectivity index (χ4v) is 3.71. The van der Waals surface area contributed by atoms with Crippen molar-refractivity contribution in [2.45, 2.75) is 24.7 Å². The highest BCUT2D eigenvalue weighted by Gasteiger charge is 2.43. The van der Waals surface area contributed by atoms with Crippen LogP contribution in [0.1, 0.15) is 27.9 Å². The van der Waals surface area contributed by atoms with Crippen LogP contribution in [0.15, 0.2) is 65.7 Å². The number of carbonyl (C=O) groups is 2. The molecule has 1 aliphatic heterocycles. The molecule has 1 aliphatic rings. The lowest BCUT2D eigenvalue weighted by molar-refractivity contribution is -0.137. The Morgan fingerprint density at radius 2 is 1.86 bits per heavy atom. The minimum absolute atomic E-state index is 0.0250. The molecule has 1 atom stereocenters. The number of nitrogens with one attached hydrogen (secondary N) is 4. The van der Waals surface area contributed by atoms with Gasteiger partial charge in [-0.15, -0.1) is 0 Å². The molecular formula is C24H22F3N5O4. The Morgan fingerprint density at radius 1 is 1.11 bits per heavy atom. The molecule has 0 aliphatic carbocycles. The largest absolute Gasteiger partial charge is 0.418 e. The molecular weight excluding hydrogens is 479 g/mol. The summed E-state index contributed by atoms with van der Waals surface area (Å²) in [4.78, 5) is 42.5. The lowest BCUT2D eigenvalue weighted by Gasteiger charge is -2.27. The van der Waals surface area contributed by atoms with Gasteiger partial charge in [0, 0.05) is 37.7 Å². The van der Waals surface area contributed by atoms with Gasteiger partial charge in [-0.2, -0.15) is 13.2 Å². The Bertz CT molecular complexity index is 1280. The summed E-state index contributed by atoms with van der Waals surface area (Å²) in [5, 5.41) is 8.21. The third kappa shape index (κ3) is 5.71. The summed E-state index contributed by atoms with van der Waals surface area (Å²) >= 11 is 0. The van der Waals surface area contributed by atoms with E-state index in [4.69, 9.17) is 4.74 Å². The SMILES string of the molecule is O=C(NC1(C(=O)NCc2ccc(Nc3ccccc3C(F)(F)F)cc2)CCOC1)c1cnc(=O)[nH]c1. The van der Waals surface area contributed by atoms with Gasteiger partial charge in [0.1, 0.15) is 5.54 Å². The summed E-state index contributed by atoms with van der Waals surface area (Å²) in [5.74, 6) is -1.04. The zero-order valence-corrected chi connectivity index (χ0v) is 18.8. The number of anilines is 2. The van der Waals surface area contributed by atoms with Crippen LogP contribution in [0.2, 0.25) is 0 Å². The summed E-state index contributed by atoms with van der Waals surface area (Å²) in [6.45, 7) is 0.371. The summed E-state index contributed by atoms with van der Waals surface area (Å²) in [6, 6.07) is 11.7. The number of benzene rings is 2. The topological polar surface area (TPSA) is 125 Å². The van der Waals surface area contributed by atoms with E-state index in [1.165, 1.54) is 24.4 Å². The molecule has 0 radical (unpaired) electrons. The lowest BCUT2D eigenvalue weighted by atomic mass is 9.96. The van der Waals surface area contributed by atoms with Crippen LogP contribution < -0.4 is 21.6 Å². The van der Waals surface area contributed by atoms with E-state index in [9.17, 15) is 27.6 Å². The average Bonchev–Trinajstić information content (AvgIpc) is 3.33. The monoisotopic (exact) mass is 501 g/mol. The highest BCUT2D eigenvalue weighted by Crippen LogP contribution is 2.35. The minimum atomic E-state index is -4.49. The maximum Gasteiger partial charge on any atom is 0.418 e. The van der Waals surface area contributed by atoms with Gasteiger partial charge in [0.15, 0.2) is 0 Å². The zero-order valence-electron chi connectivity index (χ0n) is 18.8. The standard InChI is InChI=1S/C24H22F3N5O4/c25-24(26,27)18-3-1-2-4-19(18)31-17-7-5-15(6-8-17)11-28-21(34)23(9-10-36-14-23)32-20(33)16-12-29-22(35)30-13-16/h1-8,12-13,31H,9-11,14H2,(H,28,34)(H,32,33)(H,29,30,35). The summed E-state index contributed by atoms with van der Waals surface area (Å²) in [7, 11) is 0. The molecule has 4 N–H and O–H groups in total. The van der Waals surface area contributed by atoms with Crippen molar-refractivity contribution in [3.63, 3.8) is 0 Å². The second-order valence-corrected chi connectivity index (χ2v) is 8.19. The number of nitrogens with zero attached hydrogens (tertiary/aromatic N) is 1. The van der Waals surface area contributed by atoms with Crippen LogP contribution in [-0.4, -0.2) is 40.5 Å². The molecule has 0 spiro atoms. The highest BCUT2D eigenvalue weighted by molar-refractivity contribution is 5.99. The second-order valence-electron chi connectivity index (χ2n) is 8.19. The van der Waals surface area contributed by atoms with Crippen LogP contribution >= 0.6 is 0 Å². The Balaban J connectivity index is 1.39. The Labute approximate surface area is 203 Å². The average molecular weight is 501 g/mol. The minimum Gasteiger partial charge on any atom is -0.378 e. The number of halogens is 3. The van der Waals surface area contributed by atoms with Crippen LogP contribution in [0.3, 0.4) is 0 Å². The molecule has 2 amide bonds. The van der Waals surface area contributed by atoms with E-state index in [0.29, 0.717) is 11.3 Å². The van der Waals surface area contributed by atoms with Crippen LogP contribution in [0.5, 0.6) is 0 Å². The quantitative estimate of drug-likeness (QED) is 0.395. The molecule has 9 nitrogen and oxygen atoms in total. The van der Waals surface area contributed by atoms with Crippen LogP contribution in [0.4, 0.5) is 24.5 Å². The number of aromatic amines is 1. The normalized spacial score (nSPS) is 17.4. The van der Waals surface area contributed by atoms with Gasteiger partial charge >= 0.3 is 11.9 Å². The van der Waals surface area contributed by atoms with Crippen molar-refractivity contribution in [2.75, 3.05) is 18.5 Å². The van der Waals surface area contributed by atoms with Crippen molar-refractivity contribution in [1.82, 2.24) is 20.6 Å². The summed E-state index contributed by atoms with van der Waals surface area (Å²) in [6.07, 6.45) is -1.92. The van der Waals surface area contributed by atoms with Gasteiger partial charge in [0.2, 0.25) is 5.91 Å². The smallest absolute Gasteiger partial charge is 0.378 e. The number of aromatic nitrogens is 2. The Morgan fingerprint density at radius 3 is 2.50 bits per heavy atom. The fraction of sp³-hybridized carbons (Fsp3) is 0.250. The van der Waals surface area contributed by atoms with E-state index in [0.717, 1.165) is 12.3 Å². The molecule has 12 heteroatoms. The Kier molecular flexibility index (Phi) is 7.06. The molecule has 4 rings (SSSR count). The van der Waals surface area contributed by atoms with Gasteiger partial charge in [0.05, 0.1) is 23.4 Å². The van der Waals surface area contributed by atoms with Crippen molar-refractivity contribution < 1.29 is 27.5 Å². The van der Waals surface area contributed by atoms with Crippen molar-refractivity contribution >= 4 is 23.2 Å². The maximum atomic E-state index is 13.2. The van der Waals surface area contributed by atoms with E-state index >= 15 is 0 Å². The zero-order chi connectivity index (χ0) is 25.8. The number of hydrogen-bond acceptors (Lipinski definition) is 6. The number of alkyl halides is 3. The van der Waals surface area contributed by atoms with Gasteiger partial charge in [-0.25, -0.2) is 9.78 Å². The number of carbonyl (C=O) groups excluding carboxylic acids is 2. The Hall–Kier alpha value is -4.19. The predicted octanol–water partition coefficient (Wildman–Crippen LogP) is 2.74. The second kappa shape index (κ2) is 10.2. The van der Waals surface area contributed by atoms with Crippen LogP contribution in [0.25, 0.3) is 0 Å². The van der Waals surface area contributed by atoms with Gasteiger partial charge in [-0.1, -0.05) is 24.3 Å². The molecule has 1 aromatic heterocycles. The summed E-state index contributed by atoms with van der Waals surface area (Å²) < 4.78 is 45.0. The number of rotatable bonds is 7. The van der Waals surface area contributed by atoms with E-state index in [-0.39, 0.29) is 37.4 Å². The van der Waals surface area contributed by atoms with Gasteiger partial charge in [0.25, 0.3) is 5.91 Å². The number of amides is 2. The molecule has 0 bridgehead atoms. The first-order valence-corrected chi connectivity index (χ1v) is 10.9. The third-order valence-corrected chi connectivity index (χ3v) is 5.66. The molecule has 0 saturated carbocycles. The first-order chi connectivity index (χ1) is 17.2. The maximum absolute atomic E-state index is 13.2. The first kappa shape index (κ1) is 24.9. The van der Waals surface area contributed by atoms with Crippen LogP contribution in [-0.2, 0) is 22.3 Å². The molecule has 1 saturated heterocycles. The number of hydrogen-bond donors (Lipinski definition) is 4. The van der Waals surface area contributed by atoms with Gasteiger partial charge < -0.3 is 25.7 Å². The molecule has 2 aromatic carbocycles. The van der Waals surface area contributed by atoms with E-state index < -0.39 is 34.8 Å². The predicted molar refractivity (Wildman–Crippen MR) is 124 cm³/mol. The first-order valence-electron chi connectivity index (χ1n) is 10.9. The van der Waals surface area contributed by atoms with E-state index in [2.05, 4.69) is 25.9 Å². The summed E-state index contributed by atoms with van der Waals surface area (Å²) in [5.41, 5.74) is -1.51. The van der Waals surface area contributed by atoms with Crippen molar-refractivity contribution in [2.24, 2.45) is 0 Å². The van der Waals surface area contributed by atoms with E-state index in [1.54, 1.807) is 24.3 Å². The fourth-order valence-electron chi connectivity index (χ4n) is 3.71. The third-order valence-electron chi connectivity index (χ3n) is 5.66. The molecule has 2 heterocycles. The molecule has 1 unspecified atom stereocenters. The molecule has 1 fully saturated rings.